The summed E-state index contributed by atoms with van der Waals surface area (Å²) in [5, 5.41) is 0. The quantitative estimate of drug-likeness (QED) is 0.611. The third-order valence-electron chi connectivity index (χ3n) is 2.69. The van der Waals surface area contributed by atoms with Crippen molar-refractivity contribution in [1.29, 1.82) is 0 Å². The molecule has 0 saturated heterocycles. The summed E-state index contributed by atoms with van der Waals surface area (Å²) >= 11 is 0. The Hall–Kier alpha value is -0.480. The second kappa shape index (κ2) is 4.41. The summed E-state index contributed by atoms with van der Waals surface area (Å²) in [6.07, 6.45) is 5.06. The Morgan fingerprint density at radius 2 is 2.09 bits per heavy atom. The Bertz CT molecular complexity index is 161. The first-order valence-electron chi connectivity index (χ1n) is 4.48. The summed E-state index contributed by atoms with van der Waals surface area (Å²) in [7, 11) is 0. The van der Waals surface area contributed by atoms with Crippen LogP contribution < -0.4 is 5.73 Å². The van der Waals surface area contributed by atoms with Crippen molar-refractivity contribution in [2.45, 2.75) is 32.6 Å². The molecule has 2 N–H and O–H groups in total. The van der Waals surface area contributed by atoms with E-state index in [-0.39, 0.29) is 0 Å². The summed E-state index contributed by atoms with van der Waals surface area (Å²) in [4.78, 5) is 0. The molecule has 0 radical (unpaired) electrons. The van der Waals surface area contributed by atoms with Crippen LogP contribution in [0, 0.1) is 23.7 Å². The molecule has 2 atom stereocenters. The highest BCUT2D eigenvalue weighted by molar-refractivity contribution is 4.96. The maximum atomic E-state index is 5.59. The maximum absolute atomic E-state index is 5.59. The summed E-state index contributed by atoms with van der Waals surface area (Å²) < 4.78 is 0. The smallest absolute Gasteiger partial charge is 0.00913 e. The first kappa shape index (κ1) is 8.62. The van der Waals surface area contributed by atoms with Gasteiger partial charge in [0.25, 0.3) is 0 Å². The van der Waals surface area contributed by atoms with Crippen molar-refractivity contribution in [3.05, 3.63) is 0 Å². The highest BCUT2D eigenvalue weighted by Gasteiger charge is 2.28. The molecule has 62 valence electrons. The van der Waals surface area contributed by atoms with Crippen LogP contribution in [0.1, 0.15) is 32.6 Å². The van der Waals surface area contributed by atoms with Crippen LogP contribution in [0.4, 0.5) is 0 Å². The van der Waals surface area contributed by atoms with E-state index in [1.807, 2.05) is 6.92 Å². The second-order valence-electron chi connectivity index (χ2n) is 3.30. The minimum Gasteiger partial charge on any atom is -0.330 e. The van der Waals surface area contributed by atoms with Gasteiger partial charge in [-0.15, -0.1) is 11.8 Å². The first-order valence-corrected chi connectivity index (χ1v) is 4.48. The number of nitrogens with two attached hydrogens (primary N) is 1. The van der Waals surface area contributed by atoms with Gasteiger partial charge >= 0.3 is 0 Å². The van der Waals surface area contributed by atoms with Crippen LogP contribution in [0.3, 0.4) is 0 Å². The molecule has 1 fully saturated rings. The molecule has 1 rings (SSSR count). The van der Waals surface area contributed by atoms with Crippen LogP contribution in [0.15, 0.2) is 0 Å². The van der Waals surface area contributed by atoms with Crippen LogP contribution in [0.25, 0.3) is 0 Å². The molecule has 0 aliphatic heterocycles. The Balaban J connectivity index is 2.10. The molecule has 11 heavy (non-hydrogen) atoms. The molecule has 1 heteroatoms. The number of hydrogen-bond acceptors (Lipinski definition) is 1. The normalized spacial score (nSPS) is 28.5. The number of hydrogen-bond donors (Lipinski definition) is 1. The summed E-state index contributed by atoms with van der Waals surface area (Å²) in [5.74, 6) is 7.73. The predicted octanol–water partition coefficient (Wildman–Crippen LogP) is 1.77. The molecular formula is C10H17N. The van der Waals surface area contributed by atoms with E-state index in [1.165, 1.54) is 19.3 Å². The SMILES string of the molecule is CC#CCCC1CCC1CN. The summed E-state index contributed by atoms with van der Waals surface area (Å²) in [6.45, 7) is 2.78. The van der Waals surface area contributed by atoms with Crippen LogP contribution in [0.5, 0.6) is 0 Å². The zero-order chi connectivity index (χ0) is 8.10. The van der Waals surface area contributed by atoms with E-state index in [1.54, 1.807) is 0 Å². The molecule has 1 aliphatic rings. The van der Waals surface area contributed by atoms with Gasteiger partial charge in [-0.1, -0.05) is 0 Å². The molecule has 0 bridgehead atoms. The van der Waals surface area contributed by atoms with Gasteiger partial charge in [-0.25, -0.2) is 0 Å². The number of rotatable bonds is 3. The van der Waals surface area contributed by atoms with Gasteiger partial charge in [0, 0.05) is 6.42 Å². The molecular weight excluding hydrogens is 134 g/mol. The maximum Gasteiger partial charge on any atom is 0.00913 e. The molecule has 0 amide bonds. The van der Waals surface area contributed by atoms with Crippen molar-refractivity contribution in [2.24, 2.45) is 17.6 Å². The minimum absolute atomic E-state index is 0.814. The van der Waals surface area contributed by atoms with Gasteiger partial charge in [0.1, 0.15) is 0 Å². The standard InChI is InChI=1S/C10H17N/c1-2-3-4-5-9-6-7-10(9)8-11/h9-10H,4-8,11H2,1H3. The third kappa shape index (κ3) is 2.24. The van der Waals surface area contributed by atoms with Crippen LogP contribution in [-0.4, -0.2) is 6.54 Å². The van der Waals surface area contributed by atoms with Gasteiger partial charge in [-0.2, -0.15) is 0 Å². The molecule has 2 unspecified atom stereocenters. The second-order valence-corrected chi connectivity index (χ2v) is 3.30. The zero-order valence-corrected chi connectivity index (χ0v) is 7.27. The van der Waals surface area contributed by atoms with Gasteiger partial charge < -0.3 is 5.73 Å². The summed E-state index contributed by atoms with van der Waals surface area (Å²) in [5.41, 5.74) is 5.59. The van der Waals surface area contributed by atoms with E-state index in [2.05, 4.69) is 11.8 Å². The van der Waals surface area contributed by atoms with E-state index in [0.717, 1.165) is 24.8 Å². The molecule has 0 aromatic carbocycles. The molecule has 0 aromatic heterocycles. The lowest BCUT2D eigenvalue weighted by atomic mass is 9.71. The minimum atomic E-state index is 0.814. The van der Waals surface area contributed by atoms with Crippen molar-refractivity contribution in [3.8, 4) is 11.8 Å². The predicted molar refractivity (Wildman–Crippen MR) is 48.0 cm³/mol. The topological polar surface area (TPSA) is 26.0 Å². The molecule has 0 heterocycles. The first-order chi connectivity index (χ1) is 5.38. The van der Waals surface area contributed by atoms with Crippen molar-refractivity contribution in [1.82, 2.24) is 0 Å². The fourth-order valence-electron chi connectivity index (χ4n) is 1.71. The zero-order valence-electron chi connectivity index (χ0n) is 7.27. The summed E-state index contributed by atoms with van der Waals surface area (Å²) in [6, 6.07) is 0. The largest absolute Gasteiger partial charge is 0.330 e. The van der Waals surface area contributed by atoms with Crippen LogP contribution >= 0.6 is 0 Å². The van der Waals surface area contributed by atoms with E-state index >= 15 is 0 Å². The molecule has 0 aromatic rings. The molecule has 1 aliphatic carbocycles. The Morgan fingerprint density at radius 1 is 1.36 bits per heavy atom. The fourth-order valence-corrected chi connectivity index (χ4v) is 1.71. The van der Waals surface area contributed by atoms with E-state index in [9.17, 15) is 0 Å². The van der Waals surface area contributed by atoms with E-state index < -0.39 is 0 Å². The Labute approximate surface area is 69.4 Å². The lowest BCUT2D eigenvalue weighted by Gasteiger charge is -2.35. The van der Waals surface area contributed by atoms with Crippen molar-refractivity contribution < 1.29 is 0 Å². The van der Waals surface area contributed by atoms with E-state index in [4.69, 9.17) is 5.73 Å². The highest BCUT2D eigenvalue weighted by Crippen LogP contribution is 2.36. The van der Waals surface area contributed by atoms with Gasteiger partial charge in [0.2, 0.25) is 0 Å². The molecule has 1 nitrogen and oxygen atoms in total. The van der Waals surface area contributed by atoms with Crippen LogP contribution in [0.2, 0.25) is 0 Å². The van der Waals surface area contributed by atoms with Gasteiger partial charge in [0.05, 0.1) is 0 Å². The van der Waals surface area contributed by atoms with Crippen molar-refractivity contribution in [2.75, 3.05) is 6.54 Å². The lowest BCUT2D eigenvalue weighted by Crippen LogP contribution is -2.32. The van der Waals surface area contributed by atoms with Crippen LogP contribution in [-0.2, 0) is 0 Å². The third-order valence-corrected chi connectivity index (χ3v) is 2.69. The monoisotopic (exact) mass is 151 g/mol. The molecule has 1 saturated carbocycles. The van der Waals surface area contributed by atoms with Gasteiger partial charge in [-0.3, -0.25) is 0 Å². The Morgan fingerprint density at radius 3 is 2.55 bits per heavy atom. The molecule has 0 spiro atoms. The van der Waals surface area contributed by atoms with E-state index in [0.29, 0.717) is 0 Å². The Kier molecular flexibility index (Phi) is 3.45. The average Bonchev–Trinajstić information content (AvgIpc) is 1.97. The average molecular weight is 151 g/mol. The van der Waals surface area contributed by atoms with Crippen molar-refractivity contribution in [3.63, 3.8) is 0 Å². The van der Waals surface area contributed by atoms with Gasteiger partial charge in [-0.05, 0) is 44.6 Å². The lowest BCUT2D eigenvalue weighted by molar-refractivity contribution is 0.173. The fraction of sp³-hybridized carbons (Fsp3) is 0.800. The van der Waals surface area contributed by atoms with Gasteiger partial charge in [0.15, 0.2) is 0 Å². The van der Waals surface area contributed by atoms with Crippen molar-refractivity contribution >= 4 is 0 Å². The highest BCUT2D eigenvalue weighted by atomic mass is 14.6.